The molecule has 1 amide bonds. The van der Waals surface area contributed by atoms with E-state index in [9.17, 15) is 19.7 Å². The summed E-state index contributed by atoms with van der Waals surface area (Å²) in [4.78, 5) is 38.7. The van der Waals surface area contributed by atoms with Crippen molar-refractivity contribution in [2.45, 2.75) is 6.04 Å². The first-order chi connectivity index (χ1) is 13.9. The van der Waals surface area contributed by atoms with E-state index >= 15 is 0 Å². The summed E-state index contributed by atoms with van der Waals surface area (Å²) in [6.07, 6.45) is 0. The highest BCUT2D eigenvalue weighted by molar-refractivity contribution is 5.96. The van der Waals surface area contributed by atoms with Crippen LogP contribution in [0.2, 0.25) is 0 Å². The highest BCUT2D eigenvalue weighted by Gasteiger charge is 2.30. The first-order valence-corrected chi connectivity index (χ1v) is 9.12. The van der Waals surface area contributed by atoms with Gasteiger partial charge in [0.25, 0.3) is 5.69 Å². The number of amides is 1. The smallest absolute Gasteiger partial charge is 0.340 e. The average molecular weight is 398 g/mol. The number of nitro benzene ring substituents is 1. The van der Waals surface area contributed by atoms with Gasteiger partial charge in [-0.25, -0.2) is 4.79 Å². The maximum atomic E-state index is 12.2. The number of carbonyl (C=O) groups is 2. The Morgan fingerprint density at radius 2 is 1.76 bits per heavy atom. The molecular formula is C20H22N4O5. The monoisotopic (exact) mass is 398 g/mol. The van der Waals surface area contributed by atoms with Crippen molar-refractivity contribution in [1.82, 2.24) is 4.90 Å². The van der Waals surface area contributed by atoms with E-state index in [-0.39, 0.29) is 11.3 Å². The second kappa shape index (κ2) is 8.70. The summed E-state index contributed by atoms with van der Waals surface area (Å²) in [5, 5.41) is 11.1. The molecule has 0 saturated carbocycles. The van der Waals surface area contributed by atoms with Gasteiger partial charge in [0.15, 0.2) is 0 Å². The largest absolute Gasteiger partial charge is 0.465 e. The Morgan fingerprint density at radius 1 is 1.10 bits per heavy atom. The fourth-order valence-corrected chi connectivity index (χ4v) is 3.60. The highest BCUT2D eigenvalue weighted by Crippen LogP contribution is 2.29. The van der Waals surface area contributed by atoms with Gasteiger partial charge >= 0.3 is 5.97 Å². The van der Waals surface area contributed by atoms with E-state index < -0.39 is 22.8 Å². The quantitative estimate of drug-likeness (QED) is 0.447. The van der Waals surface area contributed by atoms with Crippen molar-refractivity contribution in [2.75, 3.05) is 38.2 Å². The molecule has 9 heteroatoms. The number of esters is 1. The van der Waals surface area contributed by atoms with E-state index in [0.29, 0.717) is 31.9 Å². The lowest BCUT2D eigenvalue weighted by Gasteiger charge is -2.39. The van der Waals surface area contributed by atoms with Crippen molar-refractivity contribution in [3.8, 4) is 0 Å². The standard InChI is InChI=1S/C20H22N4O5/c1-29-20(26)16-13-15(24(27)28)7-8-17(16)22-9-11-23(12-10-22)18(19(21)25)14-5-3-2-4-6-14/h2-8,13,18H,9-12H2,1H3,(H2,21,25). The Labute approximate surface area is 167 Å². The molecule has 1 heterocycles. The molecule has 0 radical (unpaired) electrons. The van der Waals surface area contributed by atoms with Crippen LogP contribution in [0.3, 0.4) is 0 Å². The molecule has 29 heavy (non-hydrogen) atoms. The number of nitrogens with zero attached hydrogens (tertiary/aromatic N) is 3. The van der Waals surface area contributed by atoms with Crippen molar-refractivity contribution in [1.29, 1.82) is 0 Å². The number of hydrogen-bond acceptors (Lipinski definition) is 7. The first-order valence-electron chi connectivity index (χ1n) is 9.12. The molecule has 3 rings (SSSR count). The van der Waals surface area contributed by atoms with Crippen molar-refractivity contribution in [2.24, 2.45) is 5.73 Å². The van der Waals surface area contributed by atoms with E-state index in [1.807, 2.05) is 40.1 Å². The van der Waals surface area contributed by atoms with E-state index in [4.69, 9.17) is 10.5 Å². The van der Waals surface area contributed by atoms with E-state index in [0.717, 1.165) is 5.56 Å². The molecule has 2 N–H and O–H groups in total. The van der Waals surface area contributed by atoms with Gasteiger partial charge in [0.1, 0.15) is 6.04 Å². The third kappa shape index (κ3) is 4.35. The lowest BCUT2D eigenvalue weighted by atomic mass is 10.0. The number of hydrogen-bond donors (Lipinski definition) is 1. The number of benzene rings is 2. The molecule has 9 nitrogen and oxygen atoms in total. The summed E-state index contributed by atoms with van der Waals surface area (Å²) in [5.41, 5.74) is 7.02. The van der Waals surface area contributed by atoms with E-state index in [2.05, 4.69) is 0 Å². The Morgan fingerprint density at radius 3 is 2.31 bits per heavy atom. The molecule has 2 aromatic carbocycles. The number of anilines is 1. The molecule has 1 atom stereocenters. The second-order valence-electron chi connectivity index (χ2n) is 6.69. The Balaban J connectivity index is 1.81. The van der Waals surface area contributed by atoms with E-state index in [1.165, 1.54) is 19.2 Å². The maximum absolute atomic E-state index is 12.2. The van der Waals surface area contributed by atoms with E-state index in [1.54, 1.807) is 6.07 Å². The highest BCUT2D eigenvalue weighted by atomic mass is 16.6. The molecule has 1 aliphatic rings. The molecule has 152 valence electrons. The maximum Gasteiger partial charge on any atom is 0.340 e. The van der Waals surface area contributed by atoms with Gasteiger partial charge in [0, 0.05) is 38.3 Å². The number of non-ortho nitro benzene ring substituents is 1. The number of carbonyl (C=O) groups excluding carboxylic acids is 2. The van der Waals surface area contributed by atoms with Crippen LogP contribution in [-0.4, -0.2) is 55.0 Å². The van der Waals surface area contributed by atoms with Crippen LogP contribution in [0.1, 0.15) is 22.0 Å². The normalized spacial score (nSPS) is 15.6. The number of nitro groups is 1. The topological polar surface area (TPSA) is 119 Å². The van der Waals surface area contributed by atoms with Crippen LogP contribution >= 0.6 is 0 Å². The minimum absolute atomic E-state index is 0.143. The Kier molecular flexibility index (Phi) is 6.08. The molecular weight excluding hydrogens is 376 g/mol. The average Bonchev–Trinajstić information content (AvgIpc) is 2.74. The van der Waals surface area contributed by atoms with Crippen LogP contribution in [0.5, 0.6) is 0 Å². The molecule has 1 unspecified atom stereocenters. The van der Waals surface area contributed by atoms with Crippen molar-refractivity contribution >= 4 is 23.3 Å². The van der Waals surface area contributed by atoms with Gasteiger partial charge in [0.2, 0.25) is 5.91 Å². The number of methoxy groups -OCH3 is 1. The predicted octanol–water partition coefficient (Wildman–Crippen LogP) is 1.73. The summed E-state index contributed by atoms with van der Waals surface area (Å²) in [5.74, 6) is -1.05. The number of piperazine rings is 1. The summed E-state index contributed by atoms with van der Waals surface area (Å²) < 4.78 is 4.79. The molecule has 1 fully saturated rings. The second-order valence-corrected chi connectivity index (χ2v) is 6.69. The number of nitrogens with two attached hydrogens (primary N) is 1. The molecule has 0 spiro atoms. The minimum Gasteiger partial charge on any atom is -0.465 e. The van der Waals surface area contributed by atoms with Gasteiger partial charge in [-0.1, -0.05) is 30.3 Å². The molecule has 1 aliphatic heterocycles. The first kappa shape index (κ1) is 20.3. The molecule has 0 aliphatic carbocycles. The fourth-order valence-electron chi connectivity index (χ4n) is 3.60. The zero-order valence-electron chi connectivity index (χ0n) is 16.0. The Hall–Kier alpha value is -3.46. The summed E-state index contributed by atoms with van der Waals surface area (Å²) >= 11 is 0. The van der Waals surface area contributed by atoms with Crippen molar-refractivity contribution < 1.29 is 19.2 Å². The molecule has 1 saturated heterocycles. The lowest BCUT2D eigenvalue weighted by Crippen LogP contribution is -2.50. The van der Waals surface area contributed by atoms with Crippen molar-refractivity contribution in [3.63, 3.8) is 0 Å². The fraction of sp³-hybridized carbons (Fsp3) is 0.300. The number of rotatable bonds is 6. The lowest BCUT2D eigenvalue weighted by molar-refractivity contribution is -0.384. The van der Waals surface area contributed by atoms with Gasteiger partial charge in [-0.2, -0.15) is 0 Å². The molecule has 2 aromatic rings. The van der Waals surface area contributed by atoms with Crippen LogP contribution in [-0.2, 0) is 9.53 Å². The minimum atomic E-state index is -0.634. The Bertz CT molecular complexity index is 910. The van der Waals surface area contributed by atoms with Crippen LogP contribution < -0.4 is 10.6 Å². The van der Waals surface area contributed by atoms with Crippen LogP contribution in [0.15, 0.2) is 48.5 Å². The van der Waals surface area contributed by atoms with Crippen LogP contribution in [0.4, 0.5) is 11.4 Å². The summed E-state index contributed by atoms with van der Waals surface area (Å²) in [6.45, 7) is 2.14. The van der Waals surface area contributed by atoms with Gasteiger partial charge in [-0.15, -0.1) is 0 Å². The summed E-state index contributed by atoms with van der Waals surface area (Å²) in [7, 11) is 1.24. The van der Waals surface area contributed by atoms with Crippen LogP contribution in [0, 0.1) is 10.1 Å². The number of primary amides is 1. The third-order valence-corrected chi connectivity index (χ3v) is 5.00. The zero-order valence-corrected chi connectivity index (χ0v) is 16.0. The molecule has 0 bridgehead atoms. The van der Waals surface area contributed by atoms with Gasteiger partial charge in [0.05, 0.1) is 23.3 Å². The van der Waals surface area contributed by atoms with Crippen LogP contribution in [0.25, 0.3) is 0 Å². The predicted molar refractivity (Wildman–Crippen MR) is 107 cm³/mol. The van der Waals surface area contributed by atoms with Gasteiger partial charge < -0.3 is 15.4 Å². The number of ether oxygens (including phenoxy) is 1. The van der Waals surface area contributed by atoms with Gasteiger partial charge in [-0.05, 0) is 11.6 Å². The SMILES string of the molecule is COC(=O)c1cc([N+](=O)[O-])ccc1N1CCN(C(C(N)=O)c2ccccc2)CC1. The zero-order chi connectivity index (χ0) is 21.0. The summed E-state index contributed by atoms with van der Waals surface area (Å²) in [6, 6.07) is 13.0. The third-order valence-electron chi connectivity index (χ3n) is 5.00. The van der Waals surface area contributed by atoms with Gasteiger partial charge in [-0.3, -0.25) is 19.8 Å². The van der Waals surface area contributed by atoms with Crippen molar-refractivity contribution in [3.05, 3.63) is 69.8 Å². The molecule has 0 aromatic heterocycles.